The van der Waals surface area contributed by atoms with Gasteiger partial charge in [-0.15, -0.1) is 5.10 Å². The van der Waals surface area contributed by atoms with E-state index in [4.69, 9.17) is 12.2 Å². The van der Waals surface area contributed by atoms with Crippen molar-refractivity contribution in [2.45, 2.75) is 18.4 Å². The normalized spacial score (nSPS) is 11.1. The molecule has 2 heterocycles. The summed E-state index contributed by atoms with van der Waals surface area (Å²) in [4.78, 5) is 12.0. The predicted molar refractivity (Wildman–Crippen MR) is 129 cm³/mol. The molecule has 0 radical (unpaired) electrons. The van der Waals surface area contributed by atoms with Crippen molar-refractivity contribution in [1.29, 1.82) is 0 Å². The van der Waals surface area contributed by atoms with E-state index in [-0.39, 0.29) is 16.0 Å². The molecular weight excluding hydrogens is 460 g/mol. The van der Waals surface area contributed by atoms with Crippen LogP contribution in [0.25, 0.3) is 0 Å². The molecule has 0 bridgehead atoms. The van der Waals surface area contributed by atoms with E-state index in [9.17, 15) is 8.42 Å². The van der Waals surface area contributed by atoms with Gasteiger partial charge in [0.2, 0.25) is 11.9 Å². The van der Waals surface area contributed by atoms with E-state index in [0.717, 1.165) is 5.56 Å². The highest BCUT2D eigenvalue weighted by Gasteiger charge is 2.15. The number of hydrogen-bond acceptors (Lipinski definition) is 7. The molecule has 0 fully saturated rings. The molecule has 0 aliphatic carbocycles. The average molecular weight is 481 g/mol. The molecule has 0 spiro atoms. The highest BCUT2D eigenvalue weighted by atomic mass is 32.2. The van der Waals surface area contributed by atoms with Crippen LogP contribution in [0.5, 0.6) is 0 Å². The molecule has 3 N–H and O–H groups in total. The van der Waals surface area contributed by atoms with E-state index in [1.807, 2.05) is 31.2 Å². The molecule has 0 saturated carbocycles. The van der Waals surface area contributed by atoms with E-state index in [0.29, 0.717) is 18.2 Å². The molecule has 4 aromatic rings. The van der Waals surface area contributed by atoms with Gasteiger partial charge in [-0.05, 0) is 60.6 Å². The average Bonchev–Trinajstić information content (AvgIpc) is 3.22. The first-order valence-corrected chi connectivity index (χ1v) is 11.7. The second kappa shape index (κ2) is 9.71. The van der Waals surface area contributed by atoms with E-state index in [1.54, 1.807) is 29.2 Å². The molecule has 10 nitrogen and oxygen atoms in total. The molecule has 12 heteroatoms. The SMILES string of the molecule is Cc1ccccc1Cn1cnc(NC(=S)Nc2ccc(S(=O)(=O)Nc3ncccn3)cc2)n1. The maximum Gasteiger partial charge on any atom is 0.264 e. The van der Waals surface area contributed by atoms with Crippen LogP contribution in [0.4, 0.5) is 17.6 Å². The molecule has 4 rings (SSSR count). The highest BCUT2D eigenvalue weighted by molar-refractivity contribution is 7.92. The first-order valence-electron chi connectivity index (χ1n) is 9.81. The minimum absolute atomic E-state index is 0.000517. The van der Waals surface area contributed by atoms with Gasteiger partial charge in [-0.25, -0.2) is 32.8 Å². The summed E-state index contributed by atoms with van der Waals surface area (Å²) in [7, 11) is -3.81. The molecular formula is C21H20N8O2S2. The van der Waals surface area contributed by atoms with Gasteiger partial charge in [-0.1, -0.05) is 24.3 Å². The summed E-state index contributed by atoms with van der Waals surface area (Å²) in [6.45, 7) is 2.64. The molecule has 168 valence electrons. The summed E-state index contributed by atoms with van der Waals surface area (Å²) in [6, 6.07) is 15.8. The smallest absolute Gasteiger partial charge is 0.264 e. The topological polar surface area (TPSA) is 127 Å². The lowest BCUT2D eigenvalue weighted by atomic mass is 10.1. The van der Waals surface area contributed by atoms with Crippen molar-refractivity contribution < 1.29 is 8.42 Å². The van der Waals surface area contributed by atoms with Crippen LogP contribution in [0, 0.1) is 6.92 Å². The van der Waals surface area contributed by atoms with Crippen LogP contribution in [0.2, 0.25) is 0 Å². The minimum Gasteiger partial charge on any atom is -0.332 e. The number of anilines is 3. The second-order valence-corrected chi connectivity index (χ2v) is 9.06. The van der Waals surface area contributed by atoms with Crippen molar-refractivity contribution in [2.75, 3.05) is 15.4 Å². The molecule has 0 saturated heterocycles. The Morgan fingerprint density at radius 1 is 0.939 bits per heavy atom. The van der Waals surface area contributed by atoms with Crippen LogP contribution in [0.1, 0.15) is 11.1 Å². The lowest BCUT2D eigenvalue weighted by Crippen LogP contribution is -2.20. The summed E-state index contributed by atoms with van der Waals surface area (Å²) in [5.41, 5.74) is 2.93. The van der Waals surface area contributed by atoms with Crippen molar-refractivity contribution >= 4 is 44.9 Å². The number of sulfonamides is 1. The number of hydrogen-bond donors (Lipinski definition) is 3. The molecule has 0 aliphatic rings. The molecule has 2 aromatic carbocycles. The van der Waals surface area contributed by atoms with Crippen LogP contribution >= 0.6 is 12.2 Å². The van der Waals surface area contributed by atoms with Gasteiger partial charge in [0, 0.05) is 18.1 Å². The predicted octanol–water partition coefficient (Wildman–Crippen LogP) is 3.03. The quantitative estimate of drug-likeness (QED) is 0.342. The van der Waals surface area contributed by atoms with E-state index < -0.39 is 10.0 Å². The molecule has 0 unspecified atom stereocenters. The van der Waals surface area contributed by atoms with Gasteiger partial charge in [-0.2, -0.15) is 0 Å². The lowest BCUT2D eigenvalue weighted by molar-refractivity contribution is 0.601. The van der Waals surface area contributed by atoms with Crippen LogP contribution in [-0.4, -0.2) is 38.3 Å². The van der Waals surface area contributed by atoms with Gasteiger partial charge in [-0.3, -0.25) is 5.32 Å². The third-order valence-corrected chi connectivity index (χ3v) is 6.12. The van der Waals surface area contributed by atoms with Crippen molar-refractivity contribution in [3.05, 3.63) is 84.4 Å². The zero-order valence-corrected chi connectivity index (χ0v) is 19.1. The number of aromatic nitrogens is 5. The Morgan fingerprint density at radius 2 is 1.67 bits per heavy atom. The van der Waals surface area contributed by atoms with Crippen molar-refractivity contribution in [3.63, 3.8) is 0 Å². The minimum atomic E-state index is -3.81. The number of aryl methyl sites for hydroxylation is 1. The Balaban J connectivity index is 1.34. The summed E-state index contributed by atoms with van der Waals surface area (Å²) in [5.74, 6) is 0.354. The van der Waals surface area contributed by atoms with E-state index in [1.165, 1.54) is 30.1 Å². The largest absolute Gasteiger partial charge is 0.332 e. The van der Waals surface area contributed by atoms with Crippen molar-refractivity contribution in [2.24, 2.45) is 0 Å². The molecule has 33 heavy (non-hydrogen) atoms. The van der Waals surface area contributed by atoms with Crippen LogP contribution in [-0.2, 0) is 16.6 Å². The number of benzene rings is 2. The number of thiocarbonyl (C=S) groups is 1. The maximum absolute atomic E-state index is 12.5. The van der Waals surface area contributed by atoms with Gasteiger partial charge in [0.15, 0.2) is 5.11 Å². The fourth-order valence-corrected chi connectivity index (χ4v) is 4.07. The third-order valence-electron chi connectivity index (χ3n) is 4.57. The summed E-state index contributed by atoms with van der Waals surface area (Å²) in [6.07, 6.45) is 4.53. The number of nitrogens with one attached hydrogen (secondary N) is 3. The highest BCUT2D eigenvalue weighted by Crippen LogP contribution is 2.17. The lowest BCUT2D eigenvalue weighted by Gasteiger charge is -2.10. The maximum atomic E-state index is 12.5. The monoisotopic (exact) mass is 480 g/mol. The van der Waals surface area contributed by atoms with Crippen LogP contribution in [0.15, 0.2) is 78.2 Å². The fourth-order valence-electron chi connectivity index (χ4n) is 2.90. The van der Waals surface area contributed by atoms with Gasteiger partial charge < -0.3 is 5.32 Å². The zero-order chi connectivity index (χ0) is 23.3. The van der Waals surface area contributed by atoms with Crippen LogP contribution in [0.3, 0.4) is 0 Å². The van der Waals surface area contributed by atoms with Gasteiger partial charge in [0.25, 0.3) is 10.0 Å². The van der Waals surface area contributed by atoms with Crippen molar-refractivity contribution in [1.82, 2.24) is 24.7 Å². The van der Waals surface area contributed by atoms with Gasteiger partial charge >= 0.3 is 0 Å². The van der Waals surface area contributed by atoms with Gasteiger partial charge in [0.05, 0.1) is 11.4 Å². The molecule has 0 amide bonds. The Kier molecular flexibility index (Phi) is 6.56. The zero-order valence-electron chi connectivity index (χ0n) is 17.5. The van der Waals surface area contributed by atoms with Crippen LogP contribution < -0.4 is 15.4 Å². The molecule has 0 atom stereocenters. The van der Waals surface area contributed by atoms with E-state index >= 15 is 0 Å². The second-order valence-electron chi connectivity index (χ2n) is 6.97. The van der Waals surface area contributed by atoms with E-state index in [2.05, 4.69) is 35.4 Å². The summed E-state index contributed by atoms with van der Waals surface area (Å²) < 4.78 is 29.0. The Labute approximate surface area is 196 Å². The summed E-state index contributed by atoms with van der Waals surface area (Å²) in [5, 5.41) is 10.6. The van der Waals surface area contributed by atoms with Gasteiger partial charge in [0.1, 0.15) is 6.33 Å². The van der Waals surface area contributed by atoms with Crippen molar-refractivity contribution in [3.8, 4) is 0 Å². The first-order chi connectivity index (χ1) is 15.9. The molecule has 0 aliphatic heterocycles. The Hall–Kier alpha value is -3.90. The number of rotatable bonds is 7. The third kappa shape index (κ3) is 5.87. The Bertz CT molecular complexity index is 1360. The first kappa shape index (κ1) is 22.3. The standard InChI is InChI=1S/C21H20N8O2S2/c1-15-5-2-3-6-16(15)13-29-14-24-20(27-29)26-21(32)25-17-7-9-18(10-8-17)33(30,31)28-19-22-11-4-12-23-19/h2-12,14H,13H2,1H3,(H,22,23,28)(H2,25,26,27,32). The fraction of sp³-hybridized carbons (Fsp3) is 0.0952. The number of nitrogens with zero attached hydrogens (tertiary/aromatic N) is 5. The summed E-state index contributed by atoms with van der Waals surface area (Å²) >= 11 is 5.31. The Morgan fingerprint density at radius 3 is 2.39 bits per heavy atom. The molecule has 2 aromatic heterocycles.